The second kappa shape index (κ2) is 6.57. The molecular weight excluding hydrogens is 240 g/mol. The Labute approximate surface area is 115 Å². The van der Waals surface area contributed by atoms with Crippen LogP contribution in [0, 0.1) is 0 Å². The van der Waals surface area contributed by atoms with E-state index in [-0.39, 0.29) is 18.0 Å². The van der Waals surface area contributed by atoms with Gasteiger partial charge in [0.15, 0.2) is 0 Å². The first-order valence-corrected chi connectivity index (χ1v) is 6.58. The van der Waals surface area contributed by atoms with Crippen molar-refractivity contribution in [2.45, 2.75) is 39.2 Å². The second-order valence-corrected chi connectivity index (χ2v) is 5.31. The summed E-state index contributed by atoms with van der Waals surface area (Å²) in [6, 6.07) is 6.15. The lowest BCUT2D eigenvalue weighted by atomic mass is 9.93. The molecule has 1 aromatic carbocycles. The van der Waals surface area contributed by atoms with Crippen molar-refractivity contribution in [2.24, 2.45) is 5.73 Å². The monoisotopic (exact) mass is 264 g/mol. The van der Waals surface area contributed by atoms with Crippen molar-refractivity contribution >= 4 is 5.91 Å². The maximum absolute atomic E-state index is 11.4. The number of benzene rings is 1. The van der Waals surface area contributed by atoms with Crippen molar-refractivity contribution in [2.75, 3.05) is 13.7 Å². The molecule has 4 heteroatoms. The zero-order chi connectivity index (χ0) is 14.5. The van der Waals surface area contributed by atoms with Crippen molar-refractivity contribution in [3.8, 4) is 5.75 Å². The predicted molar refractivity (Wildman–Crippen MR) is 77.4 cm³/mol. The Balaban J connectivity index is 2.84. The summed E-state index contributed by atoms with van der Waals surface area (Å²) in [6.07, 6.45) is 1.68. The fraction of sp³-hybridized carbons (Fsp3) is 0.533. The molecule has 0 unspecified atom stereocenters. The molecule has 1 rings (SSSR count). The molecule has 0 fully saturated rings. The first kappa shape index (κ1) is 15.5. The Kier molecular flexibility index (Phi) is 5.36. The number of methoxy groups -OCH3 is 1. The van der Waals surface area contributed by atoms with Crippen LogP contribution in [0.15, 0.2) is 18.2 Å². The van der Waals surface area contributed by atoms with Crippen LogP contribution in [-0.4, -0.2) is 25.1 Å². The molecule has 0 spiro atoms. The molecule has 0 atom stereocenters. The van der Waals surface area contributed by atoms with Gasteiger partial charge in [0.05, 0.1) is 13.7 Å². The van der Waals surface area contributed by atoms with Crippen molar-refractivity contribution in [3.05, 3.63) is 29.3 Å². The third-order valence-corrected chi connectivity index (χ3v) is 3.03. The van der Waals surface area contributed by atoms with E-state index >= 15 is 0 Å². The van der Waals surface area contributed by atoms with E-state index in [0.29, 0.717) is 0 Å². The Bertz CT molecular complexity index is 442. The molecule has 0 aromatic heterocycles. The number of hydrogen-bond acceptors (Lipinski definition) is 3. The number of nitrogens with two attached hydrogens (primary N) is 1. The summed E-state index contributed by atoms with van der Waals surface area (Å²) in [4.78, 5) is 11.4. The molecule has 0 aliphatic rings. The van der Waals surface area contributed by atoms with Gasteiger partial charge in [0.1, 0.15) is 5.75 Å². The Morgan fingerprint density at radius 2 is 2.11 bits per heavy atom. The van der Waals surface area contributed by atoms with Gasteiger partial charge < -0.3 is 15.8 Å². The smallest absolute Gasteiger partial charge is 0.234 e. The fourth-order valence-corrected chi connectivity index (χ4v) is 2.20. The molecule has 0 bridgehead atoms. The van der Waals surface area contributed by atoms with E-state index in [2.05, 4.69) is 18.3 Å². The predicted octanol–water partition coefficient (Wildman–Crippen LogP) is 1.65. The first-order chi connectivity index (χ1) is 8.91. The van der Waals surface area contributed by atoms with E-state index < -0.39 is 0 Å². The van der Waals surface area contributed by atoms with Gasteiger partial charge in [-0.2, -0.15) is 0 Å². The minimum absolute atomic E-state index is 0.0201. The van der Waals surface area contributed by atoms with Crippen LogP contribution in [0.4, 0.5) is 0 Å². The number of ether oxygens (including phenoxy) is 1. The van der Waals surface area contributed by atoms with Gasteiger partial charge in [-0.15, -0.1) is 0 Å². The lowest BCUT2D eigenvalue weighted by Gasteiger charge is -2.26. The van der Waals surface area contributed by atoms with Gasteiger partial charge in [0.25, 0.3) is 0 Å². The molecule has 4 nitrogen and oxygen atoms in total. The standard InChI is InChI=1S/C15H24N2O2/c1-5-12-8-11(6-7-13(12)19-4)9-15(2,3)17-14(18)10-16/h6-8H,5,9-10,16H2,1-4H3,(H,17,18). The normalized spacial score (nSPS) is 11.2. The minimum Gasteiger partial charge on any atom is -0.496 e. The molecule has 0 heterocycles. The molecule has 0 aliphatic heterocycles. The number of carbonyl (C=O) groups excluding carboxylic acids is 1. The molecule has 19 heavy (non-hydrogen) atoms. The highest BCUT2D eigenvalue weighted by Gasteiger charge is 2.20. The van der Waals surface area contributed by atoms with Crippen LogP contribution in [0.1, 0.15) is 31.9 Å². The summed E-state index contributed by atoms with van der Waals surface area (Å²) >= 11 is 0. The van der Waals surface area contributed by atoms with Gasteiger partial charge in [-0.3, -0.25) is 4.79 Å². The van der Waals surface area contributed by atoms with E-state index in [0.717, 1.165) is 18.6 Å². The SMILES string of the molecule is CCc1cc(CC(C)(C)NC(=O)CN)ccc1OC. The fourth-order valence-electron chi connectivity index (χ4n) is 2.20. The number of rotatable bonds is 6. The first-order valence-electron chi connectivity index (χ1n) is 6.58. The number of nitrogens with one attached hydrogen (secondary N) is 1. The topological polar surface area (TPSA) is 64.4 Å². The van der Waals surface area contributed by atoms with Crippen LogP contribution < -0.4 is 15.8 Å². The van der Waals surface area contributed by atoms with Gasteiger partial charge in [-0.1, -0.05) is 19.1 Å². The van der Waals surface area contributed by atoms with Crippen molar-refractivity contribution in [1.29, 1.82) is 0 Å². The second-order valence-electron chi connectivity index (χ2n) is 5.31. The third kappa shape index (κ3) is 4.56. The number of aryl methyl sites for hydroxylation is 1. The average molecular weight is 264 g/mol. The van der Waals surface area contributed by atoms with E-state index in [1.165, 1.54) is 11.1 Å². The molecule has 1 amide bonds. The summed E-state index contributed by atoms with van der Waals surface area (Å²) in [6.45, 7) is 6.11. The van der Waals surface area contributed by atoms with E-state index in [4.69, 9.17) is 10.5 Å². The van der Waals surface area contributed by atoms with Crippen LogP contribution in [0.3, 0.4) is 0 Å². The lowest BCUT2D eigenvalue weighted by Crippen LogP contribution is -2.47. The highest BCUT2D eigenvalue weighted by molar-refractivity contribution is 5.78. The maximum Gasteiger partial charge on any atom is 0.234 e. The zero-order valence-electron chi connectivity index (χ0n) is 12.2. The highest BCUT2D eigenvalue weighted by atomic mass is 16.5. The number of carbonyl (C=O) groups is 1. The summed E-state index contributed by atoms with van der Waals surface area (Å²) in [7, 11) is 1.68. The molecule has 3 N–H and O–H groups in total. The van der Waals surface area contributed by atoms with Crippen LogP contribution in [-0.2, 0) is 17.6 Å². The molecule has 0 saturated carbocycles. The van der Waals surface area contributed by atoms with Gasteiger partial charge in [0.2, 0.25) is 5.91 Å². The van der Waals surface area contributed by atoms with Crippen LogP contribution in [0.5, 0.6) is 5.75 Å². The third-order valence-electron chi connectivity index (χ3n) is 3.03. The quantitative estimate of drug-likeness (QED) is 0.821. The van der Waals surface area contributed by atoms with Gasteiger partial charge in [0, 0.05) is 5.54 Å². The number of amides is 1. The molecular formula is C15H24N2O2. The van der Waals surface area contributed by atoms with Crippen LogP contribution in [0.2, 0.25) is 0 Å². The molecule has 0 aliphatic carbocycles. The van der Waals surface area contributed by atoms with Crippen LogP contribution >= 0.6 is 0 Å². The van der Waals surface area contributed by atoms with Crippen molar-refractivity contribution < 1.29 is 9.53 Å². The van der Waals surface area contributed by atoms with Crippen LogP contribution in [0.25, 0.3) is 0 Å². The Morgan fingerprint density at radius 3 is 2.63 bits per heavy atom. The summed E-state index contributed by atoms with van der Waals surface area (Å²) in [5.74, 6) is 0.782. The highest BCUT2D eigenvalue weighted by Crippen LogP contribution is 2.22. The summed E-state index contributed by atoms with van der Waals surface area (Å²) in [5, 5.41) is 2.93. The summed E-state index contributed by atoms with van der Waals surface area (Å²) < 4.78 is 5.32. The Hall–Kier alpha value is -1.55. The van der Waals surface area contributed by atoms with Gasteiger partial charge in [-0.05, 0) is 43.9 Å². The molecule has 0 saturated heterocycles. The van der Waals surface area contributed by atoms with E-state index in [1.54, 1.807) is 7.11 Å². The molecule has 0 radical (unpaired) electrons. The number of hydrogen-bond donors (Lipinski definition) is 2. The van der Waals surface area contributed by atoms with E-state index in [1.807, 2.05) is 26.0 Å². The van der Waals surface area contributed by atoms with E-state index in [9.17, 15) is 4.79 Å². The molecule has 1 aromatic rings. The lowest BCUT2D eigenvalue weighted by molar-refractivity contribution is -0.121. The Morgan fingerprint density at radius 1 is 1.42 bits per heavy atom. The van der Waals surface area contributed by atoms with Gasteiger partial charge in [-0.25, -0.2) is 0 Å². The minimum atomic E-state index is -0.309. The average Bonchev–Trinajstić information content (AvgIpc) is 2.37. The summed E-state index contributed by atoms with van der Waals surface area (Å²) in [5.41, 5.74) is 7.38. The van der Waals surface area contributed by atoms with Crippen molar-refractivity contribution in [1.82, 2.24) is 5.32 Å². The zero-order valence-corrected chi connectivity index (χ0v) is 12.2. The molecule has 106 valence electrons. The van der Waals surface area contributed by atoms with Gasteiger partial charge >= 0.3 is 0 Å². The largest absolute Gasteiger partial charge is 0.496 e. The maximum atomic E-state index is 11.4. The van der Waals surface area contributed by atoms with Crippen molar-refractivity contribution in [3.63, 3.8) is 0 Å².